The molecule has 18 heavy (non-hydrogen) atoms. The minimum atomic E-state index is -1.04. The van der Waals surface area contributed by atoms with Gasteiger partial charge in [0, 0.05) is 13.0 Å². The van der Waals surface area contributed by atoms with Crippen LogP contribution >= 0.6 is 0 Å². The summed E-state index contributed by atoms with van der Waals surface area (Å²) in [6.45, 7) is 0.920. The molecule has 1 aliphatic heterocycles. The first-order chi connectivity index (χ1) is 8.52. The van der Waals surface area contributed by atoms with Gasteiger partial charge in [-0.1, -0.05) is 0 Å². The van der Waals surface area contributed by atoms with Gasteiger partial charge in [0.05, 0.1) is 16.9 Å². The van der Waals surface area contributed by atoms with Crippen LogP contribution in [0.25, 0.3) is 0 Å². The van der Waals surface area contributed by atoms with Gasteiger partial charge >= 0.3 is 5.97 Å². The van der Waals surface area contributed by atoms with Crippen molar-refractivity contribution in [2.75, 3.05) is 23.7 Å². The van der Waals surface area contributed by atoms with E-state index in [9.17, 15) is 9.59 Å². The summed E-state index contributed by atoms with van der Waals surface area (Å²) in [4.78, 5) is 24.3. The first-order valence-corrected chi connectivity index (χ1v) is 5.66. The Morgan fingerprint density at radius 1 is 1.50 bits per heavy atom. The Hall–Kier alpha value is -2.08. The number of carboxylic acids is 1. The van der Waals surface area contributed by atoms with Crippen molar-refractivity contribution in [1.29, 1.82) is 0 Å². The quantitative estimate of drug-likeness (QED) is 0.666. The van der Waals surface area contributed by atoms with Crippen LogP contribution in [0.1, 0.15) is 16.8 Å². The van der Waals surface area contributed by atoms with E-state index < -0.39 is 5.97 Å². The van der Waals surface area contributed by atoms with Crippen LogP contribution in [0.3, 0.4) is 0 Å². The zero-order chi connectivity index (χ0) is 13.3. The van der Waals surface area contributed by atoms with Crippen LogP contribution in [0.15, 0.2) is 18.2 Å². The van der Waals surface area contributed by atoms with Crippen molar-refractivity contribution in [1.82, 2.24) is 0 Å². The average Bonchev–Trinajstić information content (AvgIpc) is 2.71. The molecule has 0 aliphatic carbocycles. The molecule has 1 saturated heterocycles. The molecule has 1 aliphatic rings. The van der Waals surface area contributed by atoms with Crippen LogP contribution in [-0.4, -0.2) is 30.1 Å². The van der Waals surface area contributed by atoms with E-state index in [2.05, 4.69) is 0 Å². The van der Waals surface area contributed by atoms with Gasteiger partial charge in [0.2, 0.25) is 5.91 Å². The Morgan fingerprint density at radius 3 is 2.78 bits per heavy atom. The van der Waals surface area contributed by atoms with Crippen LogP contribution in [0.5, 0.6) is 0 Å². The van der Waals surface area contributed by atoms with Crippen molar-refractivity contribution < 1.29 is 14.7 Å². The van der Waals surface area contributed by atoms with E-state index in [4.69, 9.17) is 16.6 Å². The fraction of sp³-hybridized carbons (Fsp3) is 0.333. The molecule has 5 N–H and O–H groups in total. The van der Waals surface area contributed by atoms with Crippen molar-refractivity contribution in [3.05, 3.63) is 23.8 Å². The number of benzene rings is 1. The molecule has 1 aromatic carbocycles. The predicted molar refractivity (Wildman–Crippen MR) is 67.3 cm³/mol. The second-order valence-electron chi connectivity index (χ2n) is 4.39. The van der Waals surface area contributed by atoms with Crippen molar-refractivity contribution in [2.24, 2.45) is 11.7 Å². The highest BCUT2D eigenvalue weighted by molar-refractivity contribution is 6.00. The zero-order valence-electron chi connectivity index (χ0n) is 9.80. The third kappa shape index (κ3) is 2.14. The molecule has 0 spiro atoms. The number of carboxylic acid groups (broad SMARTS) is 1. The summed E-state index contributed by atoms with van der Waals surface area (Å²) in [5, 5.41) is 8.94. The van der Waals surface area contributed by atoms with Crippen molar-refractivity contribution >= 4 is 23.3 Å². The third-order valence-corrected chi connectivity index (χ3v) is 3.11. The first kappa shape index (κ1) is 12.4. The minimum Gasteiger partial charge on any atom is -0.478 e. The fourth-order valence-electron chi connectivity index (χ4n) is 2.08. The molecular formula is C12H15N3O3. The van der Waals surface area contributed by atoms with Crippen LogP contribution in [0, 0.1) is 5.92 Å². The summed E-state index contributed by atoms with van der Waals surface area (Å²) in [5.74, 6) is -1.01. The summed E-state index contributed by atoms with van der Waals surface area (Å²) in [6.07, 6.45) is 0.382. The largest absolute Gasteiger partial charge is 0.478 e. The number of hydrogen-bond donors (Lipinski definition) is 3. The predicted octanol–water partition coefficient (Wildman–Crippen LogP) is 0.279. The lowest BCUT2D eigenvalue weighted by atomic mass is 10.1. The normalized spacial score (nSPS) is 19.3. The summed E-state index contributed by atoms with van der Waals surface area (Å²) in [6, 6.07) is 4.35. The van der Waals surface area contributed by atoms with Crippen molar-refractivity contribution in [3.63, 3.8) is 0 Å². The summed E-state index contributed by atoms with van der Waals surface area (Å²) < 4.78 is 0. The maximum atomic E-state index is 11.8. The summed E-state index contributed by atoms with van der Waals surface area (Å²) in [5.41, 5.74) is 12.3. The van der Waals surface area contributed by atoms with Gasteiger partial charge in [-0.3, -0.25) is 4.79 Å². The summed E-state index contributed by atoms with van der Waals surface area (Å²) in [7, 11) is 0. The third-order valence-electron chi connectivity index (χ3n) is 3.11. The van der Waals surface area contributed by atoms with Gasteiger partial charge in [-0.25, -0.2) is 4.79 Å². The second-order valence-corrected chi connectivity index (χ2v) is 4.39. The van der Waals surface area contributed by atoms with Gasteiger partial charge in [0.1, 0.15) is 0 Å². The lowest BCUT2D eigenvalue weighted by molar-refractivity contribution is -0.117. The van der Waals surface area contributed by atoms with Gasteiger partial charge in [-0.15, -0.1) is 0 Å². The van der Waals surface area contributed by atoms with Crippen LogP contribution in [0.4, 0.5) is 11.4 Å². The Labute approximate surface area is 104 Å². The van der Waals surface area contributed by atoms with Crippen molar-refractivity contribution in [3.8, 4) is 0 Å². The molecule has 96 valence electrons. The number of amides is 1. The number of nitrogens with two attached hydrogens (primary N) is 2. The Kier molecular flexibility index (Phi) is 3.20. The number of aromatic carboxylic acids is 1. The zero-order valence-corrected chi connectivity index (χ0v) is 9.80. The summed E-state index contributed by atoms with van der Waals surface area (Å²) >= 11 is 0. The smallest absolute Gasteiger partial charge is 0.335 e. The maximum absolute atomic E-state index is 11.8. The number of carbonyl (C=O) groups is 2. The Balaban J connectivity index is 2.35. The fourth-order valence-corrected chi connectivity index (χ4v) is 2.08. The molecule has 0 saturated carbocycles. The Bertz CT molecular complexity index is 501. The minimum absolute atomic E-state index is 0.0697. The number of anilines is 2. The lowest BCUT2D eigenvalue weighted by Crippen LogP contribution is -2.26. The SMILES string of the molecule is NCC1CC(=O)N(c2cc(C(=O)O)ccc2N)C1. The number of rotatable bonds is 3. The molecular weight excluding hydrogens is 234 g/mol. The van der Waals surface area contributed by atoms with Crippen LogP contribution in [0.2, 0.25) is 0 Å². The molecule has 0 bridgehead atoms. The first-order valence-electron chi connectivity index (χ1n) is 5.66. The second kappa shape index (κ2) is 4.66. The van der Waals surface area contributed by atoms with Crippen LogP contribution < -0.4 is 16.4 Å². The standard InChI is InChI=1S/C12H15N3O3/c13-5-7-3-11(16)15(6-7)10-4-8(12(17)18)1-2-9(10)14/h1-2,4,7H,3,5-6,13-14H2,(H,17,18). The molecule has 6 heteroatoms. The monoisotopic (exact) mass is 249 g/mol. The van der Waals surface area contributed by atoms with Gasteiger partial charge in [-0.2, -0.15) is 0 Å². The van der Waals surface area contributed by atoms with E-state index in [0.29, 0.717) is 30.9 Å². The highest BCUT2D eigenvalue weighted by Gasteiger charge is 2.31. The van der Waals surface area contributed by atoms with E-state index in [1.807, 2.05) is 0 Å². The Morgan fingerprint density at radius 2 is 2.22 bits per heavy atom. The average molecular weight is 249 g/mol. The molecule has 1 aromatic rings. The van der Waals surface area contributed by atoms with Gasteiger partial charge in [0.15, 0.2) is 0 Å². The highest BCUT2D eigenvalue weighted by atomic mass is 16.4. The van der Waals surface area contributed by atoms with E-state index in [1.54, 1.807) is 0 Å². The van der Waals surface area contributed by atoms with E-state index in [0.717, 1.165) is 0 Å². The molecule has 0 radical (unpaired) electrons. The number of nitrogens with zero attached hydrogens (tertiary/aromatic N) is 1. The number of hydrogen-bond acceptors (Lipinski definition) is 4. The van der Waals surface area contributed by atoms with Crippen LogP contribution in [-0.2, 0) is 4.79 Å². The topological polar surface area (TPSA) is 110 Å². The molecule has 0 aromatic heterocycles. The van der Waals surface area contributed by atoms with Crippen molar-refractivity contribution in [2.45, 2.75) is 6.42 Å². The molecule has 1 atom stereocenters. The maximum Gasteiger partial charge on any atom is 0.335 e. The highest BCUT2D eigenvalue weighted by Crippen LogP contribution is 2.30. The molecule has 1 fully saturated rings. The molecule has 1 unspecified atom stereocenters. The van der Waals surface area contributed by atoms with Gasteiger partial charge < -0.3 is 21.5 Å². The molecule has 2 rings (SSSR count). The lowest BCUT2D eigenvalue weighted by Gasteiger charge is -2.19. The number of nitrogen functional groups attached to an aromatic ring is 1. The van der Waals surface area contributed by atoms with Gasteiger partial charge in [0.25, 0.3) is 0 Å². The van der Waals surface area contributed by atoms with E-state index in [-0.39, 0.29) is 17.4 Å². The van der Waals surface area contributed by atoms with E-state index in [1.165, 1.54) is 23.1 Å². The molecule has 1 heterocycles. The van der Waals surface area contributed by atoms with Gasteiger partial charge in [-0.05, 0) is 30.7 Å². The molecule has 6 nitrogen and oxygen atoms in total. The van der Waals surface area contributed by atoms with E-state index >= 15 is 0 Å². The number of carbonyl (C=O) groups excluding carboxylic acids is 1. The molecule has 1 amide bonds.